The Bertz CT molecular complexity index is 640. The normalized spacial score (nSPS) is 11.0. The van der Waals surface area contributed by atoms with Crippen LogP contribution in [0, 0.1) is 19.7 Å². The molecule has 3 nitrogen and oxygen atoms in total. The second-order valence-corrected chi connectivity index (χ2v) is 5.89. The third-order valence-corrected chi connectivity index (χ3v) is 4.31. The highest BCUT2D eigenvalue weighted by molar-refractivity contribution is 14.0. The molecule has 0 aliphatic carbocycles. The number of halogens is 2. The third kappa shape index (κ3) is 5.24. The number of rotatable bonds is 4. The Morgan fingerprint density at radius 2 is 1.86 bits per heavy atom. The van der Waals surface area contributed by atoms with Gasteiger partial charge in [0.15, 0.2) is 5.96 Å². The van der Waals surface area contributed by atoms with Gasteiger partial charge in [-0.05, 0) is 48.1 Å². The molecule has 2 rings (SSSR count). The highest BCUT2D eigenvalue weighted by Crippen LogP contribution is 2.14. The Morgan fingerprint density at radius 3 is 2.45 bits per heavy atom. The summed E-state index contributed by atoms with van der Waals surface area (Å²) in [6.45, 7) is 5.24. The largest absolute Gasteiger partial charge is 0.352 e. The molecule has 0 aliphatic heterocycles. The SMILES string of the molecule is CN=C(NCc1ccc(F)c(C)c1)NCc1sccc1C.I. The second-order valence-electron chi connectivity index (χ2n) is 4.89. The molecule has 2 aromatic rings. The lowest BCUT2D eigenvalue weighted by Gasteiger charge is -2.12. The topological polar surface area (TPSA) is 36.4 Å². The monoisotopic (exact) mass is 433 g/mol. The molecule has 0 atom stereocenters. The van der Waals surface area contributed by atoms with Crippen LogP contribution in [0.2, 0.25) is 0 Å². The first-order valence-electron chi connectivity index (χ1n) is 6.82. The van der Waals surface area contributed by atoms with Crippen LogP contribution in [0.4, 0.5) is 4.39 Å². The van der Waals surface area contributed by atoms with Crippen LogP contribution in [0.25, 0.3) is 0 Å². The smallest absolute Gasteiger partial charge is 0.191 e. The van der Waals surface area contributed by atoms with Crippen LogP contribution in [-0.2, 0) is 13.1 Å². The number of aliphatic imine (C=N–C) groups is 1. The number of benzene rings is 1. The number of nitrogens with one attached hydrogen (secondary N) is 2. The molecule has 2 N–H and O–H groups in total. The minimum Gasteiger partial charge on any atom is -0.352 e. The van der Waals surface area contributed by atoms with E-state index in [4.69, 9.17) is 0 Å². The fraction of sp³-hybridized carbons (Fsp3) is 0.312. The van der Waals surface area contributed by atoms with Gasteiger partial charge < -0.3 is 10.6 Å². The Balaban J connectivity index is 0.00000242. The zero-order chi connectivity index (χ0) is 15.2. The number of aryl methyl sites for hydroxylation is 2. The number of hydrogen-bond donors (Lipinski definition) is 2. The summed E-state index contributed by atoms with van der Waals surface area (Å²) in [6, 6.07) is 7.24. The minimum atomic E-state index is -0.172. The molecule has 120 valence electrons. The molecule has 1 aromatic carbocycles. The van der Waals surface area contributed by atoms with Gasteiger partial charge >= 0.3 is 0 Å². The summed E-state index contributed by atoms with van der Waals surface area (Å²) < 4.78 is 13.2. The van der Waals surface area contributed by atoms with E-state index in [0.717, 1.165) is 18.1 Å². The lowest BCUT2D eigenvalue weighted by Crippen LogP contribution is -2.36. The van der Waals surface area contributed by atoms with Crippen LogP contribution >= 0.6 is 35.3 Å². The van der Waals surface area contributed by atoms with Crippen molar-refractivity contribution in [1.82, 2.24) is 10.6 Å². The maximum absolute atomic E-state index is 13.2. The van der Waals surface area contributed by atoms with Gasteiger partial charge in [-0.1, -0.05) is 12.1 Å². The van der Waals surface area contributed by atoms with Crippen LogP contribution < -0.4 is 10.6 Å². The third-order valence-electron chi connectivity index (χ3n) is 3.29. The van der Waals surface area contributed by atoms with Gasteiger partial charge in [0.2, 0.25) is 0 Å². The lowest BCUT2D eigenvalue weighted by atomic mass is 10.1. The molecular weight excluding hydrogens is 412 g/mol. The van der Waals surface area contributed by atoms with Gasteiger partial charge in [0.05, 0.1) is 6.54 Å². The molecule has 0 unspecified atom stereocenters. The van der Waals surface area contributed by atoms with E-state index in [1.165, 1.54) is 16.5 Å². The van der Waals surface area contributed by atoms with Crippen molar-refractivity contribution < 1.29 is 4.39 Å². The van der Waals surface area contributed by atoms with Gasteiger partial charge in [-0.3, -0.25) is 4.99 Å². The zero-order valence-corrected chi connectivity index (χ0v) is 16.1. The molecule has 1 aromatic heterocycles. The fourth-order valence-corrected chi connectivity index (χ4v) is 2.82. The molecule has 0 aliphatic rings. The predicted octanol–water partition coefficient (Wildman–Crippen LogP) is 3.99. The molecular formula is C16H21FIN3S. The molecule has 0 saturated heterocycles. The fourth-order valence-electron chi connectivity index (χ4n) is 1.97. The summed E-state index contributed by atoms with van der Waals surface area (Å²) in [4.78, 5) is 5.50. The van der Waals surface area contributed by atoms with Gasteiger partial charge in [-0.2, -0.15) is 0 Å². The van der Waals surface area contributed by atoms with E-state index in [1.54, 1.807) is 31.4 Å². The summed E-state index contributed by atoms with van der Waals surface area (Å²) in [6.07, 6.45) is 0. The summed E-state index contributed by atoms with van der Waals surface area (Å²) in [7, 11) is 1.74. The molecule has 0 fully saturated rings. The van der Waals surface area contributed by atoms with Crippen molar-refractivity contribution in [2.24, 2.45) is 4.99 Å². The minimum absolute atomic E-state index is 0. The predicted molar refractivity (Wildman–Crippen MR) is 103 cm³/mol. The van der Waals surface area contributed by atoms with Crippen LogP contribution in [-0.4, -0.2) is 13.0 Å². The van der Waals surface area contributed by atoms with Crippen molar-refractivity contribution in [3.05, 3.63) is 57.0 Å². The van der Waals surface area contributed by atoms with E-state index in [-0.39, 0.29) is 29.8 Å². The van der Waals surface area contributed by atoms with Crippen LogP contribution in [0.15, 0.2) is 34.6 Å². The second kappa shape index (κ2) is 9.09. The number of guanidine groups is 1. The van der Waals surface area contributed by atoms with Crippen molar-refractivity contribution in [3.8, 4) is 0 Å². The van der Waals surface area contributed by atoms with Crippen LogP contribution in [0.5, 0.6) is 0 Å². The molecule has 0 spiro atoms. The average Bonchev–Trinajstić information content (AvgIpc) is 2.88. The highest BCUT2D eigenvalue weighted by atomic mass is 127. The zero-order valence-electron chi connectivity index (χ0n) is 12.9. The molecule has 0 amide bonds. The molecule has 0 saturated carbocycles. The van der Waals surface area contributed by atoms with Gasteiger partial charge in [0.25, 0.3) is 0 Å². The van der Waals surface area contributed by atoms with Gasteiger partial charge in [0.1, 0.15) is 5.82 Å². The van der Waals surface area contributed by atoms with E-state index < -0.39 is 0 Å². The van der Waals surface area contributed by atoms with Crippen molar-refractivity contribution >= 4 is 41.3 Å². The number of nitrogens with zero attached hydrogens (tertiary/aromatic N) is 1. The van der Waals surface area contributed by atoms with Crippen molar-refractivity contribution in [2.75, 3.05) is 7.05 Å². The first-order valence-corrected chi connectivity index (χ1v) is 7.70. The van der Waals surface area contributed by atoms with E-state index in [9.17, 15) is 4.39 Å². The first kappa shape index (κ1) is 18.9. The quantitative estimate of drug-likeness (QED) is 0.435. The number of hydrogen-bond acceptors (Lipinski definition) is 2. The van der Waals surface area contributed by atoms with Crippen LogP contribution in [0.3, 0.4) is 0 Å². The summed E-state index contributed by atoms with van der Waals surface area (Å²) >= 11 is 1.73. The van der Waals surface area contributed by atoms with Gasteiger partial charge in [-0.25, -0.2) is 4.39 Å². The Labute approximate surface area is 152 Å². The van der Waals surface area contributed by atoms with Gasteiger partial charge in [0, 0.05) is 18.5 Å². The number of thiophene rings is 1. The highest BCUT2D eigenvalue weighted by Gasteiger charge is 2.03. The Kier molecular flexibility index (Phi) is 7.81. The van der Waals surface area contributed by atoms with E-state index in [0.29, 0.717) is 12.1 Å². The lowest BCUT2D eigenvalue weighted by molar-refractivity contribution is 0.617. The maximum Gasteiger partial charge on any atom is 0.191 e. The van der Waals surface area contributed by atoms with E-state index in [1.807, 2.05) is 6.07 Å². The molecule has 1 heterocycles. The molecule has 6 heteroatoms. The Hall–Kier alpha value is -1.15. The standard InChI is InChI=1S/C16H20FN3S.HI/c1-11-6-7-21-15(11)10-20-16(18-3)19-9-13-4-5-14(17)12(2)8-13;/h4-8H,9-10H2,1-3H3,(H2,18,19,20);1H. The first-order chi connectivity index (χ1) is 10.1. The van der Waals surface area contributed by atoms with E-state index >= 15 is 0 Å². The molecule has 0 bridgehead atoms. The summed E-state index contributed by atoms with van der Waals surface area (Å²) in [5.74, 6) is 0.569. The average molecular weight is 433 g/mol. The van der Waals surface area contributed by atoms with Crippen LogP contribution in [0.1, 0.15) is 21.6 Å². The van der Waals surface area contributed by atoms with Crippen molar-refractivity contribution in [1.29, 1.82) is 0 Å². The molecule has 0 radical (unpaired) electrons. The maximum atomic E-state index is 13.2. The molecule has 22 heavy (non-hydrogen) atoms. The summed E-state index contributed by atoms with van der Waals surface area (Å²) in [5, 5.41) is 8.61. The summed E-state index contributed by atoms with van der Waals surface area (Å²) in [5.41, 5.74) is 2.98. The van der Waals surface area contributed by atoms with Crippen molar-refractivity contribution in [3.63, 3.8) is 0 Å². The van der Waals surface area contributed by atoms with Gasteiger partial charge in [-0.15, -0.1) is 35.3 Å². The Morgan fingerprint density at radius 1 is 1.14 bits per heavy atom. The van der Waals surface area contributed by atoms with E-state index in [2.05, 4.69) is 34.0 Å². The van der Waals surface area contributed by atoms with Crippen molar-refractivity contribution in [2.45, 2.75) is 26.9 Å².